The van der Waals surface area contributed by atoms with Crippen LogP contribution in [0.1, 0.15) is 53.0 Å². The number of hydrogen-bond donors (Lipinski definition) is 3. The Bertz CT molecular complexity index is 1330. The van der Waals surface area contributed by atoms with Crippen molar-refractivity contribution in [2.45, 2.75) is 84.3 Å². The Labute approximate surface area is 292 Å². The van der Waals surface area contributed by atoms with Crippen LogP contribution in [0.15, 0.2) is 76.8 Å². The van der Waals surface area contributed by atoms with Crippen LogP contribution in [-0.2, 0) is 30.2 Å². The number of nitrogens with two attached hydrogens (primary N) is 1. The fourth-order valence-electron chi connectivity index (χ4n) is 4.75. The van der Waals surface area contributed by atoms with Crippen LogP contribution in [0.5, 0.6) is 0 Å². The van der Waals surface area contributed by atoms with Gasteiger partial charge in [-0.05, 0) is 50.1 Å². The Kier molecular flexibility index (Phi) is 21.2. The predicted octanol–water partition coefficient (Wildman–Crippen LogP) is 5.47. The van der Waals surface area contributed by atoms with Gasteiger partial charge in [0.15, 0.2) is 18.1 Å². The zero-order chi connectivity index (χ0) is 35.9. The summed E-state index contributed by atoms with van der Waals surface area (Å²) in [5.74, 6) is 3.12. The summed E-state index contributed by atoms with van der Waals surface area (Å²) in [4.78, 5) is 42.5. The lowest BCUT2D eigenvalue weighted by Gasteiger charge is -2.28. The van der Waals surface area contributed by atoms with E-state index in [1.807, 2.05) is 83.0 Å². The number of aliphatic imine (C=N–C) groups is 1. The molecule has 0 saturated carbocycles. The third-order valence-electron chi connectivity index (χ3n) is 7.08. The molecule has 2 saturated heterocycles. The second-order valence-electron chi connectivity index (χ2n) is 10.3. The van der Waals surface area contributed by atoms with Crippen LogP contribution >= 0.6 is 21.6 Å². The molecule has 48 heavy (non-hydrogen) atoms. The van der Waals surface area contributed by atoms with E-state index < -0.39 is 30.5 Å². The first-order valence-electron chi connectivity index (χ1n) is 15.9. The second kappa shape index (κ2) is 24.2. The molecule has 4 N–H and O–H groups in total. The number of nitrogens with zero attached hydrogens (tertiary/aromatic N) is 2. The van der Waals surface area contributed by atoms with Gasteiger partial charge < -0.3 is 30.6 Å². The summed E-state index contributed by atoms with van der Waals surface area (Å²) in [5.41, 5.74) is 8.69. The molecular weight excluding hydrogens is 651 g/mol. The molecule has 1 amide bonds. The van der Waals surface area contributed by atoms with Gasteiger partial charge in [-0.15, -0.1) is 0 Å². The summed E-state index contributed by atoms with van der Waals surface area (Å²) >= 11 is 0. The number of fused-ring (bicyclic) bond motifs is 1. The molecule has 2 aliphatic rings. The highest BCUT2D eigenvalue weighted by molar-refractivity contribution is 8.76. The van der Waals surface area contributed by atoms with Crippen molar-refractivity contribution in [1.82, 2.24) is 10.6 Å². The number of carbonyl (C=O) groups excluding carboxylic acids is 3. The maximum Gasteiger partial charge on any atom is 0.407 e. The van der Waals surface area contributed by atoms with Gasteiger partial charge in [-0.25, -0.2) is 14.9 Å². The minimum Gasteiger partial charge on any atom is -0.461 e. The fraction of sp³-hybridized carbons (Fsp3) is 0.486. The third-order valence-corrected chi connectivity index (χ3v) is 9.48. The predicted molar refractivity (Wildman–Crippen MR) is 195 cm³/mol. The van der Waals surface area contributed by atoms with Crippen molar-refractivity contribution in [3.8, 4) is 6.57 Å². The lowest BCUT2D eigenvalue weighted by Crippen LogP contribution is -2.44. The van der Waals surface area contributed by atoms with Crippen LogP contribution < -0.4 is 16.4 Å². The van der Waals surface area contributed by atoms with E-state index in [9.17, 15) is 14.4 Å². The summed E-state index contributed by atoms with van der Waals surface area (Å²) in [6.45, 7) is 17.7. The quantitative estimate of drug-likeness (QED) is 0.123. The highest BCUT2D eigenvalue weighted by Gasteiger charge is 2.51. The number of carbonyl (C=O) groups is 2. The van der Waals surface area contributed by atoms with E-state index in [1.54, 1.807) is 27.8 Å². The fourth-order valence-corrected chi connectivity index (χ4v) is 6.56. The molecule has 5 atom stereocenters. The summed E-state index contributed by atoms with van der Waals surface area (Å²) in [5, 5.41) is 12.3. The molecule has 1 aromatic carbocycles. The normalized spacial score (nSPS) is 22.6. The summed E-state index contributed by atoms with van der Waals surface area (Å²) in [7, 11) is 3.21. The molecule has 0 aliphatic carbocycles. The zero-order valence-corrected chi connectivity index (χ0v) is 30.1. The van der Waals surface area contributed by atoms with Gasteiger partial charge in [0, 0.05) is 49.7 Å². The molecule has 5 unspecified atom stereocenters. The molecular formula is C35H49N5O6S2. The van der Waals surface area contributed by atoms with Crippen molar-refractivity contribution >= 4 is 45.6 Å². The van der Waals surface area contributed by atoms with Crippen molar-refractivity contribution < 1.29 is 28.6 Å². The van der Waals surface area contributed by atoms with Crippen molar-refractivity contribution in [3.63, 3.8) is 0 Å². The zero-order valence-electron chi connectivity index (χ0n) is 28.5. The van der Waals surface area contributed by atoms with Crippen LogP contribution in [-0.4, -0.2) is 79.1 Å². The maximum absolute atomic E-state index is 13.0. The number of benzene rings is 1. The molecule has 2 fully saturated rings. The lowest BCUT2D eigenvalue weighted by molar-refractivity contribution is -0.119. The Morgan fingerprint density at radius 3 is 2.40 bits per heavy atom. The number of hydrogen-bond acceptors (Lipinski definition) is 12. The molecule has 0 bridgehead atoms. The van der Waals surface area contributed by atoms with Crippen LogP contribution in [0.3, 0.4) is 0 Å². The monoisotopic (exact) mass is 699 g/mol. The van der Waals surface area contributed by atoms with Gasteiger partial charge in [0.05, 0.1) is 12.1 Å². The molecule has 0 spiro atoms. The van der Waals surface area contributed by atoms with Crippen molar-refractivity contribution in [3.05, 3.63) is 77.4 Å². The van der Waals surface area contributed by atoms with Gasteiger partial charge in [-0.2, -0.15) is 0 Å². The van der Waals surface area contributed by atoms with Crippen LogP contribution in [0.4, 0.5) is 4.79 Å². The molecule has 0 aromatic heterocycles. The van der Waals surface area contributed by atoms with Crippen molar-refractivity contribution in [1.29, 1.82) is 5.26 Å². The molecule has 0 radical (unpaired) electrons. The number of Topliss-reactive ketones (excluding diaryl/α,β-unsaturated/α-hetero) is 1. The molecule has 2 aliphatic heterocycles. The van der Waals surface area contributed by atoms with Gasteiger partial charge in [-0.1, -0.05) is 84.5 Å². The number of allylic oxidation sites excluding steroid dienone is 3. The molecule has 3 rings (SSSR count). The molecule has 2 heterocycles. The largest absolute Gasteiger partial charge is 0.461 e. The van der Waals surface area contributed by atoms with Crippen LogP contribution in [0.25, 0.3) is 0 Å². The van der Waals surface area contributed by atoms with Crippen molar-refractivity contribution in [2.75, 3.05) is 24.6 Å². The maximum atomic E-state index is 13.0. The van der Waals surface area contributed by atoms with E-state index in [4.69, 9.17) is 25.2 Å². The van der Waals surface area contributed by atoms with Crippen LogP contribution in [0, 0.1) is 11.8 Å². The number of amides is 1. The van der Waals surface area contributed by atoms with Gasteiger partial charge in [0.25, 0.3) is 5.88 Å². The van der Waals surface area contributed by atoms with E-state index in [1.165, 1.54) is 0 Å². The minimum absolute atomic E-state index is 0.0236. The highest BCUT2D eigenvalue weighted by Crippen LogP contribution is 2.36. The van der Waals surface area contributed by atoms with E-state index in [0.717, 1.165) is 11.1 Å². The number of rotatable bonds is 10. The average Bonchev–Trinajstić information content (AvgIpc) is 3.41. The summed E-state index contributed by atoms with van der Waals surface area (Å²) < 4.78 is 18.8. The summed E-state index contributed by atoms with van der Waals surface area (Å²) in [6.07, 6.45) is 2.05. The highest BCUT2D eigenvalue weighted by atomic mass is 33.1. The van der Waals surface area contributed by atoms with Gasteiger partial charge >= 0.3 is 6.09 Å². The Balaban J connectivity index is 0.00000277. The number of nitriles is 1. The Morgan fingerprint density at radius 1 is 1.15 bits per heavy atom. The lowest BCUT2D eigenvalue weighted by atomic mass is 9.94. The van der Waals surface area contributed by atoms with E-state index >= 15 is 0 Å². The first kappa shape index (κ1) is 42.1. The molecule has 11 nitrogen and oxygen atoms in total. The van der Waals surface area contributed by atoms with E-state index in [2.05, 4.69) is 28.8 Å². The standard InChI is InChI=1S/C32H42N4O6S2.C2H6.CHN/c1-5-34-23(4)26(13-11-21(2)22(3)33)29-31-30(27(40-29)14-12-25(38)19-24-9-7-6-8-10-24)42-32(39)36-16-18-44-43-17-15-35-28(20-37)41-31;2*1-2/h5-11,13,23,27,29-31,35H,3,12,14-19,33H2,1-2,4H3,(H,36,39);1-2H3;1H/b21-11+,26-13+,34-5?;;. The van der Waals surface area contributed by atoms with Gasteiger partial charge in [0.1, 0.15) is 11.9 Å². The summed E-state index contributed by atoms with van der Waals surface area (Å²) in [6, 6.07) is 9.14. The first-order chi connectivity index (χ1) is 23.2. The Morgan fingerprint density at radius 2 is 1.79 bits per heavy atom. The molecule has 13 heteroatoms. The first-order valence-corrected chi connectivity index (χ1v) is 18.3. The van der Waals surface area contributed by atoms with Gasteiger partial charge in [0.2, 0.25) is 0 Å². The third kappa shape index (κ3) is 14.4. The van der Waals surface area contributed by atoms with Crippen LogP contribution in [0.2, 0.25) is 0 Å². The smallest absolute Gasteiger partial charge is 0.407 e. The van der Waals surface area contributed by atoms with Gasteiger partial charge in [-0.3, -0.25) is 9.79 Å². The second-order valence-corrected chi connectivity index (χ2v) is 13.0. The molecule has 262 valence electrons. The Hall–Kier alpha value is -3.95. The average molecular weight is 700 g/mol. The van der Waals surface area contributed by atoms with Crippen molar-refractivity contribution in [2.24, 2.45) is 10.7 Å². The number of alkyl carbamates (subject to hydrolysis) is 1. The van der Waals surface area contributed by atoms with E-state index in [0.29, 0.717) is 35.9 Å². The number of ketones is 1. The number of ether oxygens (including phenoxy) is 3. The molecule has 1 aromatic rings. The SMILES string of the molecule is C#N.C=C(N)/C(C)=C/C=C(\C(C)N=CC)C1OC(CCC(=O)Cc2ccccc2)C2OC(=O)NCCSSCCNC(=C=O)OC12.CC. The van der Waals surface area contributed by atoms with E-state index in [-0.39, 0.29) is 37.0 Å². The number of nitrogens with one attached hydrogen (secondary N) is 2. The topological polar surface area (TPSA) is 165 Å². The minimum atomic E-state index is -0.949.